The number of anilines is 3. The lowest BCUT2D eigenvalue weighted by Crippen LogP contribution is -2.16. The van der Waals surface area contributed by atoms with Crippen LogP contribution in [-0.4, -0.2) is 26.8 Å². The highest BCUT2D eigenvalue weighted by atomic mass is 32.2. The van der Waals surface area contributed by atoms with Crippen molar-refractivity contribution in [3.63, 3.8) is 0 Å². The van der Waals surface area contributed by atoms with E-state index in [4.69, 9.17) is 4.74 Å². The molecule has 3 N–H and O–H groups in total. The van der Waals surface area contributed by atoms with Crippen LogP contribution in [0.5, 0.6) is 5.75 Å². The standard InChI is InChI=1S/C25H27N3O5S/c1-4-24(29)26-19-10-9-17(3)23(16-19)27-25(30)18-7-6-8-20(15-18)28-34(31,32)22-13-11-21(12-14-22)33-5-2/h6-16,28H,4-5H2,1-3H3,(H,26,29)(H,27,30). The number of ether oxygens (including phenoxy) is 1. The molecule has 0 spiro atoms. The smallest absolute Gasteiger partial charge is 0.261 e. The Kier molecular flexibility index (Phi) is 7.91. The van der Waals surface area contributed by atoms with Gasteiger partial charge in [-0.25, -0.2) is 8.42 Å². The summed E-state index contributed by atoms with van der Waals surface area (Å²) in [6.07, 6.45) is 0.342. The van der Waals surface area contributed by atoms with Gasteiger partial charge in [-0.1, -0.05) is 19.1 Å². The van der Waals surface area contributed by atoms with Crippen LogP contribution in [0.3, 0.4) is 0 Å². The Hall–Kier alpha value is -3.85. The van der Waals surface area contributed by atoms with E-state index in [1.165, 1.54) is 18.2 Å². The fourth-order valence-corrected chi connectivity index (χ4v) is 4.15. The number of carbonyl (C=O) groups is 2. The van der Waals surface area contributed by atoms with Crippen LogP contribution in [-0.2, 0) is 14.8 Å². The topological polar surface area (TPSA) is 114 Å². The largest absolute Gasteiger partial charge is 0.494 e. The van der Waals surface area contributed by atoms with Gasteiger partial charge in [-0.05, 0) is 74.0 Å². The van der Waals surface area contributed by atoms with E-state index in [1.54, 1.807) is 55.5 Å². The van der Waals surface area contributed by atoms with E-state index >= 15 is 0 Å². The van der Waals surface area contributed by atoms with Gasteiger partial charge < -0.3 is 15.4 Å². The fraction of sp³-hybridized carbons (Fsp3) is 0.200. The molecule has 2 amide bonds. The zero-order valence-corrected chi connectivity index (χ0v) is 20.0. The summed E-state index contributed by atoms with van der Waals surface area (Å²) in [6, 6.07) is 17.5. The van der Waals surface area contributed by atoms with Gasteiger partial charge >= 0.3 is 0 Å². The van der Waals surface area contributed by atoms with Crippen LogP contribution in [0.25, 0.3) is 0 Å². The maximum atomic E-state index is 12.9. The summed E-state index contributed by atoms with van der Waals surface area (Å²) in [5, 5.41) is 5.58. The first-order valence-electron chi connectivity index (χ1n) is 10.8. The molecule has 0 saturated carbocycles. The average molecular weight is 482 g/mol. The molecular weight excluding hydrogens is 454 g/mol. The van der Waals surface area contributed by atoms with E-state index in [2.05, 4.69) is 15.4 Å². The number of nitrogens with one attached hydrogen (secondary N) is 3. The molecule has 0 aliphatic heterocycles. The second-order valence-corrected chi connectivity index (χ2v) is 9.16. The molecule has 0 unspecified atom stereocenters. The Labute approximate surface area is 199 Å². The second kappa shape index (κ2) is 10.8. The molecule has 3 aromatic carbocycles. The molecule has 8 nitrogen and oxygen atoms in total. The number of sulfonamides is 1. The third kappa shape index (κ3) is 6.35. The first-order valence-corrected chi connectivity index (χ1v) is 12.3. The van der Waals surface area contributed by atoms with Gasteiger partial charge in [0.2, 0.25) is 5.91 Å². The van der Waals surface area contributed by atoms with E-state index in [-0.39, 0.29) is 22.1 Å². The third-order valence-electron chi connectivity index (χ3n) is 4.91. The quantitative estimate of drug-likeness (QED) is 0.406. The predicted molar refractivity (Wildman–Crippen MR) is 133 cm³/mol. The predicted octanol–water partition coefficient (Wildman–Crippen LogP) is 4.80. The normalized spacial score (nSPS) is 10.9. The zero-order valence-electron chi connectivity index (χ0n) is 19.2. The molecule has 0 aliphatic rings. The van der Waals surface area contributed by atoms with Crippen LogP contribution in [0.1, 0.15) is 36.2 Å². The number of benzene rings is 3. The van der Waals surface area contributed by atoms with Gasteiger partial charge in [0.05, 0.1) is 11.5 Å². The minimum atomic E-state index is -3.85. The maximum Gasteiger partial charge on any atom is 0.261 e. The summed E-state index contributed by atoms with van der Waals surface area (Å²) in [4.78, 5) is 24.6. The lowest BCUT2D eigenvalue weighted by molar-refractivity contribution is -0.115. The molecule has 0 fully saturated rings. The van der Waals surface area contributed by atoms with Gasteiger partial charge in [0.1, 0.15) is 5.75 Å². The van der Waals surface area contributed by atoms with Crippen molar-refractivity contribution in [2.45, 2.75) is 32.1 Å². The van der Waals surface area contributed by atoms with Crippen molar-refractivity contribution in [2.75, 3.05) is 22.0 Å². The molecule has 0 atom stereocenters. The summed E-state index contributed by atoms with van der Waals surface area (Å²) in [5.74, 6) is 0.0339. The molecular formula is C25H27N3O5S. The van der Waals surface area contributed by atoms with Gasteiger partial charge in [-0.2, -0.15) is 0 Å². The van der Waals surface area contributed by atoms with E-state index in [0.29, 0.717) is 30.2 Å². The first-order chi connectivity index (χ1) is 16.2. The molecule has 178 valence electrons. The Bertz CT molecular complexity index is 1290. The lowest BCUT2D eigenvalue weighted by atomic mass is 10.1. The van der Waals surface area contributed by atoms with Crippen molar-refractivity contribution in [1.29, 1.82) is 0 Å². The number of amides is 2. The van der Waals surface area contributed by atoms with E-state index in [0.717, 1.165) is 5.56 Å². The molecule has 0 bridgehead atoms. The van der Waals surface area contributed by atoms with Gasteiger partial charge in [0.15, 0.2) is 0 Å². The van der Waals surface area contributed by atoms with Crippen LogP contribution >= 0.6 is 0 Å². The minimum Gasteiger partial charge on any atom is -0.494 e. The Morgan fingerprint density at radius 1 is 0.882 bits per heavy atom. The monoisotopic (exact) mass is 481 g/mol. The zero-order chi connectivity index (χ0) is 24.7. The maximum absolute atomic E-state index is 12.9. The third-order valence-corrected chi connectivity index (χ3v) is 6.31. The molecule has 34 heavy (non-hydrogen) atoms. The van der Waals surface area contributed by atoms with Crippen molar-refractivity contribution in [3.05, 3.63) is 77.9 Å². The van der Waals surface area contributed by atoms with Crippen LogP contribution < -0.4 is 20.1 Å². The Morgan fingerprint density at radius 2 is 1.62 bits per heavy atom. The Balaban J connectivity index is 1.75. The van der Waals surface area contributed by atoms with E-state index in [9.17, 15) is 18.0 Å². The number of carbonyl (C=O) groups excluding carboxylic acids is 2. The summed E-state index contributed by atoms with van der Waals surface area (Å²) in [7, 11) is -3.85. The van der Waals surface area contributed by atoms with Crippen LogP contribution in [0, 0.1) is 6.92 Å². The van der Waals surface area contributed by atoms with Gasteiger partial charge in [0.25, 0.3) is 15.9 Å². The lowest BCUT2D eigenvalue weighted by Gasteiger charge is -2.13. The number of hydrogen-bond acceptors (Lipinski definition) is 5. The molecule has 3 rings (SSSR count). The Morgan fingerprint density at radius 3 is 2.29 bits per heavy atom. The summed E-state index contributed by atoms with van der Waals surface area (Å²) >= 11 is 0. The van der Waals surface area contributed by atoms with Crippen molar-refractivity contribution in [1.82, 2.24) is 0 Å². The SMILES string of the molecule is CCOc1ccc(S(=O)(=O)Nc2cccc(C(=O)Nc3cc(NC(=O)CC)ccc3C)c2)cc1. The molecule has 0 heterocycles. The highest BCUT2D eigenvalue weighted by Crippen LogP contribution is 2.23. The molecule has 0 radical (unpaired) electrons. The summed E-state index contributed by atoms with van der Waals surface area (Å²) in [5.41, 5.74) is 2.45. The molecule has 0 saturated heterocycles. The van der Waals surface area contributed by atoms with Crippen LogP contribution in [0.4, 0.5) is 17.1 Å². The van der Waals surface area contributed by atoms with Gasteiger partial charge in [0, 0.05) is 29.0 Å². The molecule has 0 aromatic heterocycles. The van der Waals surface area contributed by atoms with Crippen LogP contribution in [0.2, 0.25) is 0 Å². The molecule has 3 aromatic rings. The second-order valence-electron chi connectivity index (χ2n) is 7.48. The van der Waals surface area contributed by atoms with Crippen molar-refractivity contribution in [3.8, 4) is 5.75 Å². The summed E-state index contributed by atoms with van der Waals surface area (Å²) < 4.78 is 33.3. The number of hydrogen-bond donors (Lipinski definition) is 3. The highest BCUT2D eigenvalue weighted by molar-refractivity contribution is 7.92. The highest BCUT2D eigenvalue weighted by Gasteiger charge is 2.16. The summed E-state index contributed by atoms with van der Waals surface area (Å²) in [6.45, 7) is 5.92. The minimum absolute atomic E-state index is 0.0763. The molecule has 9 heteroatoms. The van der Waals surface area contributed by atoms with Gasteiger partial charge in [-0.15, -0.1) is 0 Å². The average Bonchev–Trinajstić information content (AvgIpc) is 2.81. The fourth-order valence-electron chi connectivity index (χ4n) is 3.10. The van der Waals surface area contributed by atoms with Crippen molar-refractivity contribution < 1.29 is 22.7 Å². The van der Waals surface area contributed by atoms with E-state index < -0.39 is 15.9 Å². The van der Waals surface area contributed by atoms with Crippen molar-refractivity contribution in [2.24, 2.45) is 0 Å². The number of rotatable bonds is 9. The van der Waals surface area contributed by atoms with Crippen LogP contribution in [0.15, 0.2) is 71.6 Å². The number of aryl methyl sites for hydroxylation is 1. The van der Waals surface area contributed by atoms with Gasteiger partial charge in [-0.3, -0.25) is 14.3 Å². The molecule has 0 aliphatic carbocycles. The van der Waals surface area contributed by atoms with E-state index in [1.807, 2.05) is 13.8 Å². The first kappa shape index (κ1) is 24.8. The van der Waals surface area contributed by atoms with Crippen molar-refractivity contribution >= 4 is 38.9 Å².